The lowest BCUT2D eigenvalue weighted by atomic mass is 10.2. The minimum absolute atomic E-state index is 0.717. The first kappa shape index (κ1) is 21.3. The normalized spacial score (nSPS) is 11.3. The Hall–Kier alpha value is -3.94. The third-order valence-electron chi connectivity index (χ3n) is 5.57. The molecule has 2 aromatic carbocycles. The van der Waals surface area contributed by atoms with Crippen molar-refractivity contribution in [3.63, 3.8) is 0 Å². The molecule has 0 saturated heterocycles. The maximum Gasteiger partial charge on any atom is 0.255 e. The van der Waals surface area contributed by atoms with Gasteiger partial charge in [0.2, 0.25) is 0 Å². The largest absolute Gasteiger partial charge is 0.399 e. The molecule has 0 aliphatic heterocycles. The summed E-state index contributed by atoms with van der Waals surface area (Å²) < 4.78 is 4.26. The third kappa shape index (κ3) is 5.40. The van der Waals surface area contributed by atoms with Crippen LogP contribution < -0.4 is 19.8 Å². The van der Waals surface area contributed by atoms with Crippen LogP contribution in [0.2, 0.25) is 0 Å². The molecular weight excluding hydrogens is 400 g/mol. The van der Waals surface area contributed by atoms with Crippen molar-refractivity contribution in [2.24, 2.45) is 24.3 Å². The Morgan fingerprint density at radius 1 is 0.750 bits per heavy atom. The van der Waals surface area contributed by atoms with Crippen molar-refractivity contribution in [1.82, 2.24) is 9.97 Å². The molecule has 164 valence electrons. The van der Waals surface area contributed by atoms with Crippen LogP contribution in [0.25, 0.3) is 0 Å². The average molecular weight is 431 g/mol. The minimum atomic E-state index is 0.717. The van der Waals surface area contributed by atoms with Crippen molar-refractivity contribution in [1.29, 1.82) is 0 Å². The lowest BCUT2D eigenvalue weighted by Crippen LogP contribution is -2.37. The molecule has 32 heavy (non-hydrogen) atoms. The standard InChI is InChI=1S/C24H28N8/c1-30-17-13-26-23(30)11-15-32(16-12-24-27-14-18-31(24)2)22-9-7-21(8-10-22)29-28-20-5-3-19(25)4-6-20/h3-10,13-14,17-18H,11-12,15-16H2,1-2H3,(H2,25,29)/p+2. The van der Waals surface area contributed by atoms with Gasteiger partial charge in [0.15, 0.2) is 0 Å². The molecule has 4 N–H and O–H groups in total. The van der Waals surface area contributed by atoms with Crippen LogP contribution in [0.5, 0.6) is 0 Å². The van der Waals surface area contributed by atoms with Crippen LogP contribution in [-0.4, -0.2) is 23.1 Å². The van der Waals surface area contributed by atoms with Crippen LogP contribution in [0.1, 0.15) is 11.6 Å². The molecular formula is C24H30N8+2. The molecule has 2 heterocycles. The van der Waals surface area contributed by atoms with E-state index in [4.69, 9.17) is 5.73 Å². The van der Waals surface area contributed by atoms with Gasteiger partial charge >= 0.3 is 0 Å². The molecule has 8 nitrogen and oxygen atoms in total. The van der Waals surface area contributed by atoms with E-state index in [-0.39, 0.29) is 0 Å². The predicted molar refractivity (Wildman–Crippen MR) is 125 cm³/mol. The second-order valence-corrected chi connectivity index (χ2v) is 7.83. The minimum Gasteiger partial charge on any atom is -0.399 e. The zero-order chi connectivity index (χ0) is 22.3. The monoisotopic (exact) mass is 430 g/mol. The number of benzene rings is 2. The molecule has 0 bridgehead atoms. The van der Waals surface area contributed by atoms with Gasteiger partial charge < -0.3 is 10.6 Å². The summed E-state index contributed by atoms with van der Waals surface area (Å²) in [6.07, 6.45) is 9.88. The first-order chi connectivity index (χ1) is 15.6. The Morgan fingerprint density at radius 2 is 1.22 bits per heavy atom. The molecule has 0 unspecified atom stereocenters. The second-order valence-electron chi connectivity index (χ2n) is 7.83. The number of nitrogen functional groups attached to an aromatic ring is 1. The maximum absolute atomic E-state index is 5.72. The molecule has 0 aliphatic rings. The highest BCUT2D eigenvalue weighted by molar-refractivity contribution is 5.53. The lowest BCUT2D eigenvalue weighted by Gasteiger charge is -2.23. The van der Waals surface area contributed by atoms with Gasteiger partial charge in [-0.1, -0.05) is 0 Å². The molecule has 2 aromatic heterocycles. The van der Waals surface area contributed by atoms with E-state index in [1.54, 1.807) is 0 Å². The van der Waals surface area contributed by atoms with Crippen LogP contribution in [-0.2, 0) is 26.9 Å². The van der Waals surface area contributed by atoms with Crippen LogP contribution in [0, 0.1) is 0 Å². The summed E-state index contributed by atoms with van der Waals surface area (Å²) in [5, 5.41) is 8.65. The van der Waals surface area contributed by atoms with Gasteiger partial charge in [-0.3, -0.25) is 0 Å². The summed E-state index contributed by atoms with van der Waals surface area (Å²) in [6, 6.07) is 15.6. The molecule has 0 amide bonds. The summed E-state index contributed by atoms with van der Waals surface area (Å²) in [5.74, 6) is 2.41. The summed E-state index contributed by atoms with van der Waals surface area (Å²) in [4.78, 5) is 9.06. The van der Waals surface area contributed by atoms with Gasteiger partial charge in [-0.05, 0) is 48.5 Å². The van der Waals surface area contributed by atoms with Crippen molar-refractivity contribution >= 4 is 22.7 Å². The topological polar surface area (TPSA) is 93.3 Å². The van der Waals surface area contributed by atoms with Gasteiger partial charge in [0.25, 0.3) is 11.6 Å². The van der Waals surface area contributed by atoms with Crippen LogP contribution in [0.4, 0.5) is 22.7 Å². The third-order valence-corrected chi connectivity index (χ3v) is 5.57. The number of nitrogens with zero attached hydrogens (tertiary/aromatic N) is 5. The summed E-state index contributed by atoms with van der Waals surface area (Å²) in [5.41, 5.74) is 9.20. The SMILES string of the molecule is C[n+]1cc[nH]c1CCN(CCc1[nH]cc[n+]1C)c1ccc(N=Nc2ccc(N)cc2)cc1. The molecule has 4 aromatic rings. The fourth-order valence-electron chi connectivity index (χ4n) is 3.61. The van der Waals surface area contributed by atoms with Gasteiger partial charge in [-0.25, -0.2) is 19.1 Å². The van der Waals surface area contributed by atoms with Crippen molar-refractivity contribution in [2.45, 2.75) is 12.8 Å². The number of anilines is 2. The average Bonchev–Trinajstić information content (AvgIpc) is 3.41. The molecule has 0 spiro atoms. The second kappa shape index (κ2) is 9.91. The first-order valence-corrected chi connectivity index (χ1v) is 10.7. The molecule has 0 radical (unpaired) electrons. The number of aryl methyl sites for hydroxylation is 2. The number of imidazole rings is 2. The fraction of sp³-hybridized carbons (Fsp3) is 0.250. The zero-order valence-corrected chi connectivity index (χ0v) is 18.6. The maximum atomic E-state index is 5.72. The van der Waals surface area contributed by atoms with Gasteiger partial charge in [-0.2, -0.15) is 10.2 Å². The van der Waals surface area contributed by atoms with Crippen LogP contribution in [0.15, 0.2) is 83.5 Å². The van der Waals surface area contributed by atoms with Crippen LogP contribution >= 0.6 is 0 Å². The van der Waals surface area contributed by atoms with E-state index in [1.165, 1.54) is 17.3 Å². The Morgan fingerprint density at radius 3 is 1.66 bits per heavy atom. The van der Waals surface area contributed by atoms with Crippen molar-refractivity contribution < 1.29 is 9.13 Å². The van der Waals surface area contributed by atoms with Crippen LogP contribution in [0.3, 0.4) is 0 Å². The lowest BCUT2D eigenvalue weighted by molar-refractivity contribution is -0.677. The van der Waals surface area contributed by atoms with Crippen molar-refractivity contribution in [3.05, 3.63) is 85.0 Å². The van der Waals surface area contributed by atoms with E-state index < -0.39 is 0 Å². The molecule has 0 saturated carbocycles. The van der Waals surface area contributed by atoms with E-state index in [1.807, 2.05) is 61.2 Å². The number of aromatic nitrogens is 4. The highest BCUT2D eigenvalue weighted by atomic mass is 15.1. The number of aromatic amines is 2. The molecule has 0 atom stereocenters. The van der Waals surface area contributed by atoms with E-state index in [9.17, 15) is 0 Å². The Balaban J connectivity index is 1.46. The van der Waals surface area contributed by atoms with Gasteiger partial charge in [0.05, 0.1) is 38.3 Å². The summed E-state index contributed by atoms with van der Waals surface area (Å²) >= 11 is 0. The van der Waals surface area contributed by atoms with Gasteiger partial charge in [-0.15, -0.1) is 0 Å². The number of hydrogen-bond donors (Lipinski definition) is 3. The predicted octanol–water partition coefficient (Wildman–Crippen LogP) is 3.28. The Labute approximate surface area is 188 Å². The first-order valence-electron chi connectivity index (χ1n) is 10.7. The molecule has 0 fully saturated rings. The number of hydrogen-bond acceptors (Lipinski definition) is 4. The summed E-state index contributed by atoms with van der Waals surface area (Å²) in [6.45, 7) is 1.82. The number of H-pyrrole nitrogens is 2. The van der Waals surface area contributed by atoms with Crippen molar-refractivity contribution in [2.75, 3.05) is 23.7 Å². The van der Waals surface area contributed by atoms with Gasteiger partial charge in [0.1, 0.15) is 24.8 Å². The Kier molecular flexibility index (Phi) is 6.60. The Bertz CT molecular complexity index is 1110. The quantitative estimate of drug-likeness (QED) is 0.216. The molecule has 0 aliphatic carbocycles. The smallest absolute Gasteiger partial charge is 0.255 e. The number of rotatable bonds is 9. The molecule has 4 rings (SSSR count). The number of nitrogens with two attached hydrogens (primary N) is 1. The fourth-order valence-corrected chi connectivity index (χ4v) is 3.61. The highest BCUT2D eigenvalue weighted by Gasteiger charge is 2.15. The van der Waals surface area contributed by atoms with E-state index in [0.717, 1.165) is 37.3 Å². The number of nitrogens with one attached hydrogen (secondary N) is 2. The van der Waals surface area contributed by atoms with Crippen molar-refractivity contribution in [3.8, 4) is 0 Å². The van der Waals surface area contributed by atoms with E-state index in [0.29, 0.717) is 5.69 Å². The zero-order valence-electron chi connectivity index (χ0n) is 18.6. The van der Waals surface area contributed by atoms with E-state index in [2.05, 4.69) is 60.5 Å². The highest BCUT2D eigenvalue weighted by Crippen LogP contribution is 2.23. The van der Waals surface area contributed by atoms with Gasteiger partial charge in [0, 0.05) is 24.5 Å². The molecule has 8 heteroatoms. The van der Waals surface area contributed by atoms with E-state index >= 15 is 0 Å². The summed E-state index contributed by atoms with van der Waals surface area (Å²) in [7, 11) is 4.13. The number of azo groups is 1.